The maximum absolute atomic E-state index is 12.6. The van der Waals surface area contributed by atoms with E-state index in [1.807, 2.05) is 4.90 Å². The van der Waals surface area contributed by atoms with Gasteiger partial charge in [0, 0.05) is 30.5 Å². The Morgan fingerprint density at radius 2 is 2.06 bits per heavy atom. The van der Waals surface area contributed by atoms with E-state index < -0.39 is 24.1 Å². The Labute approximate surface area is 175 Å². The molecule has 0 aliphatic carbocycles. The van der Waals surface area contributed by atoms with Gasteiger partial charge in [0.25, 0.3) is 5.91 Å². The minimum Gasteiger partial charge on any atom is -0.406 e. The molecule has 1 aromatic carbocycles. The van der Waals surface area contributed by atoms with Crippen molar-refractivity contribution in [3.05, 3.63) is 59.9 Å². The molecule has 1 saturated heterocycles. The van der Waals surface area contributed by atoms with Crippen LogP contribution in [0.2, 0.25) is 0 Å². The minimum atomic E-state index is -4.80. The third-order valence-electron chi connectivity index (χ3n) is 4.49. The summed E-state index contributed by atoms with van der Waals surface area (Å²) in [5, 5.41) is 20.6. The zero-order valence-corrected chi connectivity index (χ0v) is 16.2. The molecule has 1 aliphatic heterocycles. The van der Waals surface area contributed by atoms with Gasteiger partial charge in [0.2, 0.25) is 0 Å². The van der Waals surface area contributed by atoms with Crippen LogP contribution in [0.4, 0.5) is 24.7 Å². The molecule has 11 heteroatoms. The van der Waals surface area contributed by atoms with E-state index in [-0.39, 0.29) is 17.0 Å². The van der Waals surface area contributed by atoms with E-state index in [0.717, 1.165) is 12.1 Å². The van der Waals surface area contributed by atoms with Crippen molar-refractivity contribution >= 4 is 23.1 Å². The van der Waals surface area contributed by atoms with Gasteiger partial charge in [-0.15, -0.1) is 13.2 Å². The molecule has 8 nitrogen and oxygen atoms in total. The number of β-amino-alcohol motifs (C(OH)–C–C–N with tert-alkyl or cyclic N) is 1. The number of pyridine rings is 1. The van der Waals surface area contributed by atoms with Crippen molar-refractivity contribution in [2.45, 2.75) is 18.9 Å². The number of ether oxygens (including phenoxy) is 1. The maximum atomic E-state index is 12.6. The number of nitrogens with one attached hydrogen (secondary N) is 2. The largest absolute Gasteiger partial charge is 0.573 e. The fourth-order valence-corrected chi connectivity index (χ4v) is 3.10. The number of hydrogen-bond acceptors (Lipinski definition) is 7. The molecule has 0 bridgehead atoms. The molecule has 1 fully saturated rings. The zero-order chi connectivity index (χ0) is 22.6. The Hall–Kier alpha value is -3.60. The number of nitrogens with two attached hydrogens (primary N) is 1. The smallest absolute Gasteiger partial charge is 0.406 e. The van der Waals surface area contributed by atoms with Crippen LogP contribution in [0.1, 0.15) is 22.3 Å². The molecule has 2 aromatic rings. The van der Waals surface area contributed by atoms with E-state index >= 15 is 0 Å². The molecule has 31 heavy (non-hydrogen) atoms. The lowest BCUT2D eigenvalue weighted by Gasteiger charge is -2.20. The normalized spacial score (nSPS) is 16.5. The van der Waals surface area contributed by atoms with Crippen LogP contribution >= 0.6 is 0 Å². The molecule has 0 saturated carbocycles. The number of alkyl halides is 3. The van der Waals surface area contributed by atoms with Gasteiger partial charge in [0.05, 0.1) is 17.4 Å². The number of halogens is 3. The predicted octanol–water partition coefficient (Wildman–Crippen LogP) is 2.64. The van der Waals surface area contributed by atoms with E-state index in [1.165, 1.54) is 36.7 Å². The third kappa shape index (κ3) is 5.72. The molecule has 5 N–H and O–H groups in total. The fraction of sp³-hybridized carbons (Fsp3) is 0.250. The van der Waals surface area contributed by atoms with E-state index in [9.17, 15) is 23.1 Å². The Balaban J connectivity index is 1.80. The van der Waals surface area contributed by atoms with Gasteiger partial charge in [0.1, 0.15) is 11.6 Å². The lowest BCUT2D eigenvalue weighted by Crippen LogP contribution is -2.25. The number of benzene rings is 1. The van der Waals surface area contributed by atoms with Gasteiger partial charge in [-0.25, -0.2) is 4.98 Å². The molecule has 1 atom stereocenters. The van der Waals surface area contributed by atoms with Crippen molar-refractivity contribution in [1.29, 1.82) is 5.41 Å². The summed E-state index contributed by atoms with van der Waals surface area (Å²) in [6.07, 6.45) is -0.850. The van der Waals surface area contributed by atoms with Crippen molar-refractivity contribution in [3.8, 4) is 5.75 Å². The number of carbonyl (C=O) groups excluding carboxylic acids is 1. The van der Waals surface area contributed by atoms with Crippen LogP contribution in [0.3, 0.4) is 0 Å². The number of aliphatic hydroxyl groups excluding tert-OH is 1. The first kappa shape index (κ1) is 22.1. The molecule has 1 amide bonds. The van der Waals surface area contributed by atoms with Crippen LogP contribution in [-0.2, 0) is 0 Å². The van der Waals surface area contributed by atoms with E-state index in [4.69, 9.17) is 11.1 Å². The number of aromatic nitrogens is 1. The van der Waals surface area contributed by atoms with Gasteiger partial charge < -0.3 is 31.2 Å². The second-order valence-electron chi connectivity index (χ2n) is 6.78. The standard InChI is InChI=1S/C20H20F3N5O3/c21-20(22,23)31-15-3-1-13(2-4-15)27-19(30)12-9-16(17(25)5-7-24)18(26-10-12)28-8-6-14(29)11-28/h1-5,7,9-10,14,25,29H,6,8,11,24H2,(H,27,30). The molecule has 0 radical (unpaired) electrons. The van der Waals surface area contributed by atoms with Crippen LogP contribution in [0.5, 0.6) is 5.75 Å². The number of allylic oxidation sites excluding steroid dienone is 1. The van der Waals surface area contributed by atoms with Crippen LogP contribution in [0.25, 0.3) is 0 Å². The lowest BCUT2D eigenvalue weighted by molar-refractivity contribution is -0.274. The second-order valence-corrected chi connectivity index (χ2v) is 6.78. The molecule has 1 aromatic heterocycles. The first-order valence-electron chi connectivity index (χ1n) is 9.23. The second kappa shape index (κ2) is 9.04. The first-order valence-corrected chi connectivity index (χ1v) is 9.23. The van der Waals surface area contributed by atoms with Crippen molar-refractivity contribution in [3.63, 3.8) is 0 Å². The third-order valence-corrected chi connectivity index (χ3v) is 4.49. The summed E-state index contributed by atoms with van der Waals surface area (Å²) in [5.41, 5.74) is 6.18. The summed E-state index contributed by atoms with van der Waals surface area (Å²) in [4.78, 5) is 18.7. The van der Waals surface area contributed by atoms with Crippen LogP contribution in [-0.4, -0.2) is 47.3 Å². The Kier molecular flexibility index (Phi) is 6.44. The molecule has 3 rings (SSSR count). The topological polar surface area (TPSA) is 125 Å². The predicted molar refractivity (Wildman–Crippen MR) is 108 cm³/mol. The molecular formula is C20H20F3N5O3. The van der Waals surface area contributed by atoms with E-state index in [0.29, 0.717) is 30.9 Å². The number of amides is 1. The highest BCUT2D eigenvalue weighted by Gasteiger charge is 2.31. The Morgan fingerprint density at radius 3 is 2.65 bits per heavy atom. The number of rotatable bonds is 6. The molecule has 164 valence electrons. The fourth-order valence-electron chi connectivity index (χ4n) is 3.10. The molecule has 2 heterocycles. The van der Waals surface area contributed by atoms with Crippen molar-refractivity contribution < 1.29 is 27.8 Å². The lowest BCUT2D eigenvalue weighted by atomic mass is 10.1. The number of hydrogen-bond donors (Lipinski definition) is 4. The first-order chi connectivity index (χ1) is 14.7. The molecule has 0 spiro atoms. The van der Waals surface area contributed by atoms with Crippen molar-refractivity contribution in [1.82, 2.24) is 4.98 Å². The molecule has 1 unspecified atom stereocenters. The summed E-state index contributed by atoms with van der Waals surface area (Å²) < 4.78 is 40.5. The summed E-state index contributed by atoms with van der Waals surface area (Å²) in [6.45, 7) is 0.913. The van der Waals surface area contributed by atoms with Gasteiger partial charge in [-0.1, -0.05) is 0 Å². The van der Waals surface area contributed by atoms with Gasteiger partial charge in [-0.3, -0.25) is 4.79 Å². The monoisotopic (exact) mass is 435 g/mol. The number of carbonyl (C=O) groups is 1. The highest BCUT2D eigenvalue weighted by Crippen LogP contribution is 2.26. The number of aliphatic hydroxyl groups is 1. The average Bonchev–Trinajstić information content (AvgIpc) is 3.14. The van der Waals surface area contributed by atoms with E-state index in [1.54, 1.807) is 0 Å². The van der Waals surface area contributed by atoms with Crippen molar-refractivity contribution in [2.24, 2.45) is 5.73 Å². The summed E-state index contributed by atoms with van der Waals surface area (Å²) in [5.74, 6) is -0.519. The van der Waals surface area contributed by atoms with Gasteiger partial charge >= 0.3 is 6.36 Å². The van der Waals surface area contributed by atoms with Crippen LogP contribution in [0, 0.1) is 5.41 Å². The van der Waals surface area contributed by atoms with Gasteiger partial charge in [-0.2, -0.15) is 0 Å². The summed E-state index contributed by atoms with van der Waals surface area (Å²) in [6, 6.07) is 6.18. The molecular weight excluding hydrogens is 415 g/mol. The summed E-state index contributed by atoms with van der Waals surface area (Å²) >= 11 is 0. The average molecular weight is 435 g/mol. The quantitative estimate of drug-likeness (QED) is 0.517. The van der Waals surface area contributed by atoms with Crippen molar-refractivity contribution in [2.75, 3.05) is 23.3 Å². The Bertz CT molecular complexity index is 993. The number of anilines is 2. The minimum absolute atomic E-state index is 0.0368. The molecule has 1 aliphatic rings. The van der Waals surface area contributed by atoms with Gasteiger partial charge in [-0.05, 0) is 49.0 Å². The number of nitrogens with zero attached hydrogens (tertiary/aromatic N) is 2. The van der Waals surface area contributed by atoms with E-state index in [2.05, 4.69) is 15.0 Å². The SMILES string of the molecule is N=C(C=CN)c1cc(C(=O)Nc2ccc(OC(F)(F)F)cc2)cnc1N1CCC(O)C1. The van der Waals surface area contributed by atoms with Crippen LogP contribution < -0.4 is 20.7 Å². The Morgan fingerprint density at radius 1 is 1.35 bits per heavy atom. The van der Waals surface area contributed by atoms with Gasteiger partial charge in [0.15, 0.2) is 0 Å². The highest BCUT2D eigenvalue weighted by atomic mass is 19.4. The zero-order valence-electron chi connectivity index (χ0n) is 16.2. The summed E-state index contributed by atoms with van der Waals surface area (Å²) in [7, 11) is 0. The highest BCUT2D eigenvalue weighted by molar-refractivity contribution is 6.12. The maximum Gasteiger partial charge on any atom is 0.573 e. The van der Waals surface area contributed by atoms with Crippen LogP contribution in [0.15, 0.2) is 48.8 Å².